The van der Waals surface area contributed by atoms with Crippen molar-refractivity contribution in [3.05, 3.63) is 89.9 Å². The second kappa shape index (κ2) is 8.34. The third-order valence-corrected chi connectivity index (χ3v) is 6.13. The van der Waals surface area contributed by atoms with E-state index in [0.29, 0.717) is 6.04 Å². The van der Waals surface area contributed by atoms with Crippen molar-refractivity contribution in [3.63, 3.8) is 0 Å². The van der Waals surface area contributed by atoms with E-state index in [-0.39, 0.29) is 0 Å². The van der Waals surface area contributed by atoms with Gasteiger partial charge in [0.1, 0.15) is 0 Å². The Morgan fingerprint density at radius 1 is 0.903 bits per heavy atom. The summed E-state index contributed by atoms with van der Waals surface area (Å²) in [6, 6.07) is 21.8. The van der Waals surface area contributed by atoms with E-state index in [1.54, 1.807) is 6.20 Å². The van der Waals surface area contributed by atoms with Crippen LogP contribution in [0.1, 0.15) is 23.7 Å². The van der Waals surface area contributed by atoms with E-state index in [1.165, 1.54) is 22.0 Å². The monoisotopic (exact) mass is 409 g/mol. The van der Waals surface area contributed by atoms with Gasteiger partial charge in [-0.1, -0.05) is 48.0 Å². The Balaban J connectivity index is 1.42. The van der Waals surface area contributed by atoms with Gasteiger partial charge in [-0.25, -0.2) is 0 Å². The van der Waals surface area contributed by atoms with Gasteiger partial charge >= 0.3 is 0 Å². The summed E-state index contributed by atoms with van der Waals surface area (Å²) >= 11 is 0. The van der Waals surface area contributed by atoms with Gasteiger partial charge in [0.15, 0.2) is 5.82 Å². The van der Waals surface area contributed by atoms with Crippen LogP contribution in [0.2, 0.25) is 0 Å². The van der Waals surface area contributed by atoms with Crippen LogP contribution < -0.4 is 9.80 Å². The molecule has 1 fully saturated rings. The molecule has 3 heterocycles. The summed E-state index contributed by atoms with van der Waals surface area (Å²) < 4.78 is 0. The van der Waals surface area contributed by atoms with Crippen LogP contribution in [0.25, 0.3) is 10.8 Å². The molecule has 5 nitrogen and oxygen atoms in total. The first kappa shape index (κ1) is 19.5. The molecule has 2 aromatic carbocycles. The van der Waals surface area contributed by atoms with Gasteiger partial charge in [0.2, 0.25) is 0 Å². The van der Waals surface area contributed by atoms with Gasteiger partial charge in [0.05, 0.1) is 5.69 Å². The molecule has 0 bridgehead atoms. The minimum atomic E-state index is 0.395. The molecule has 0 amide bonds. The second-order valence-corrected chi connectivity index (χ2v) is 8.38. The number of pyridine rings is 1. The lowest BCUT2D eigenvalue weighted by atomic mass is 10.0. The SMILES string of the molecule is Cc1ccc(N2CCN(c3nnc(Cc4cccnc4)c4ccccc34)C[C@@H]2C)cc1. The van der Waals surface area contributed by atoms with Crippen molar-refractivity contribution < 1.29 is 0 Å². The van der Waals surface area contributed by atoms with Crippen molar-refractivity contribution >= 4 is 22.3 Å². The van der Waals surface area contributed by atoms with Crippen molar-refractivity contribution in [2.45, 2.75) is 26.3 Å². The highest BCUT2D eigenvalue weighted by molar-refractivity contribution is 5.93. The van der Waals surface area contributed by atoms with Gasteiger partial charge in [0.25, 0.3) is 0 Å². The van der Waals surface area contributed by atoms with E-state index in [0.717, 1.165) is 43.1 Å². The van der Waals surface area contributed by atoms with Crippen LogP contribution in [0.15, 0.2) is 73.1 Å². The maximum atomic E-state index is 4.71. The quantitative estimate of drug-likeness (QED) is 0.491. The van der Waals surface area contributed by atoms with Crippen molar-refractivity contribution in [3.8, 4) is 0 Å². The number of anilines is 2. The van der Waals surface area contributed by atoms with Crippen LogP contribution in [-0.4, -0.2) is 40.9 Å². The third kappa shape index (κ3) is 3.96. The first-order chi connectivity index (χ1) is 15.2. The predicted molar refractivity (Wildman–Crippen MR) is 127 cm³/mol. The van der Waals surface area contributed by atoms with Gasteiger partial charge in [-0.2, -0.15) is 5.10 Å². The number of hydrogen-bond donors (Lipinski definition) is 0. The maximum Gasteiger partial charge on any atom is 0.159 e. The first-order valence-electron chi connectivity index (χ1n) is 10.9. The number of piperazine rings is 1. The smallest absolute Gasteiger partial charge is 0.159 e. The molecule has 5 rings (SSSR count). The van der Waals surface area contributed by atoms with Gasteiger partial charge < -0.3 is 9.80 Å². The average Bonchev–Trinajstić information content (AvgIpc) is 2.81. The fourth-order valence-electron chi connectivity index (χ4n) is 4.48. The van der Waals surface area contributed by atoms with Crippen molar-refractivity contribution in [2.24, 2.45) is 0 Å². The molecule has 0 aliphatic carbocycles. The van der Waals surface area contributed by atoms with Crippen LogP contribution in [0, 0.1) is 6.92 Å². The highest BCUT2D eigenvalue weighted by Gasteiger charge is 2.26. The molecular formula is C26H27N5. The van der Waals surface area contributed by atoms with E-state index < -0.39 is 0 Å². The van der Waals surface area contributed by atoms with Crippen LogP contribution in [-0.2, 0) is 6.42 Å². The summed E-state index contributed by atoms with van der Waals surface area (Å²) in [7, 11) is 0. The molecule has 1 aliphatic rings. The Morgan fingerprint density at radius 3 is 2.45 bits per heavy atom. The van der Waals surface area contributed by atoms with E-state index >= 15 is 0 Å². The third-order valence-electron chi connectivity index (χ3n) is 6.13. The fourth-order valence-corrected chi connectivity index (χ4v) is 4.48. The van der Waals surface area contributed by atoms with Gasteiger partial charge in [-0.3, -0.25) is 4.98 Å². The van der Waals surface area contributed by atoms with E-state index in [2.05, 4.69) is 88.3 Å². The fraction of sp³-hybridized carbons (Fsp3) is 0.269. The Morgan fingerprint density at radius 2 is 1.71 bits per heavy atom. The largest absolute Gasteiger partial charge is 0.365 e. The minimum absolute atomic E-state index is 0.395. The normalized spacial score (nSPS) is 16.6. The number of aromatic nitrogens is 3. The van der Waals surface area contributed by atoms with Crippen molar-refractivity contribution in [1.82, 2.24) is 15.2 Å². The van der Waals surface area contributed by atoms with Gasteiger partial charge in [-0.05, 0) is 37.6 Å². The molecule has 1 atom stereocenters. The van der Waals surface area contributed by atoms with Crippen molar-refractivity contribution in [2.75, 3.05) is 29.4 Å². The lowest BCUT2D eigenvalue weighted by Crippen LogP contribution is -2.52. The zero-order chi connectivity index (χ0) is 21.2. The summed E-state index contributed by atoms with van der Waals surface area (Å²) in [5.74, 6) is 0.987. The Labute approximate surface area is 183 Å². The zero-order valence-corrected chi connectivity index (χ0v) is 18.1. The standard InChI is InChI=1S/C26H27N5/c1-19-9-11-22(12-10-19)31-15-14-30(18-20(31)2)26-24-8-4-3-7-23(24)25(28-29-26)16-21-6-5-13-27-17-21/h3-13,17,20H,14-16,18H2,1-2H3/t20-/m0/s1. The molecular weight excluding hydrogens is 382 g/mol. The lowest BCUT2D eigenvalue weighted by Gasteiger charge is -2.42. The molecule has 0 saturated carbocycles. The average molecular weight is 410 g/mol. The van der Waals surface area contributed by atoms with Crippen LogP contribution >= 0.6 is 0 Å². The molecule has 0 N–H and O–H groups in total. The molecule has 1 saturated heterocycles. The molecule has 1 aliphatic heterocycles. The molecule has 31 heavy (non-hydrogen) atoms. The number of rotatable bonds is 4. The number of fused-ring (bicyclic) bond motifs is 1. The molecule has 156 valence electrons. The van der Waals surface area contributed by atoms with E-state index in [1.807, 2.05) is 12.3 Å². The second-order valence-electron chi connectivity index (χ2n) is 8.38. The molecule has 0 radical (unpaired) electrons. The number of nitrogens with zero attached hydrogens (tertiary/aromatic N) is 5. The molecule has 0 unspecified atom stereocenters. The molecule has 5 heteroatoms. The Kier molecular flexibility index (Phi) is 5.24. The minimum Gasteiger partial charge on any atom is -0.365 e. The zero-order valence-electron chi connectivity index (χ0n) is 18.1. The van der Waals surface area contributed by atoms with Gasteiger partial charge in [0, 0.05) is 61.0 Å². The summed E-state index contributed by atoms with van der Waals surface area (Å²) in [5.41, 5.74) is 4.73. The summed E-state index contributed by atoms with van der Waals surface area (Å²) in [4.78, 5) is 9.11. The van der Waals surface area contributed by atoms with E-state index in [4.69, 9.17) is 5.10 Å². The van der Waals surface area contributed by atoms with Crippen LogP contribution in [0.5, 0.6) is 0 Å². The highest BCUT2D eigenvalue weighted by atomic mass is 15.3. The summed E-state index contributed by atoms with van der Waals surface area (Å²) in [6.07, 6.45) is 4.43. The predicted octanol–water partition coefficient (Wildman–Crippen LogP) is 4.64. The van der Waals surface area contributed by atoms with Crippen LogP contribution in [0.4, 0.5) is 11.5 Å². The molecule has 2 aromatic heterocycles. The Hall–Kier alpha value is -3.47. The number of hydrogen-bond acceptors (Lipinski definition) is 5. The Bertz CT molecular complexity index is 1170. The maximum absolute atomic E-state index is 4.71. The number of benzene rings is 2. The topological polar surface area (TPSA) is 45.2 Å². The van der Waals surface area contributed by atoms with Crippen LogP contribution in [0.3, 0.4) is 0 Å². The number of aryl methyl sites for hydroxylation is 1. The lowest BCUT2D eigenvalue weighted by molar-refractivity contribution is 0.546. The van der Waals surface area contributed by atoms with Crippen molar-refractivity contribution in [1.29, 1.82) is 0 Å². The van der Waals surface area contributed by atoms with Gasteiger partial charge in [-0.15, -0.1) is 5.10 Å². The highest BCUT2D eigenvalue weighted by Crippen LogP contribution is 2.30. The first-order valence-corrected chi connectivity index (χ1v) is 10.9. The molecule has 0 spiro atoms. The summed E-state index contributed by atoms with van der Waals surface area (Å²) in [6.45, 7) is 7.25. The summed E-state index contributed by atoms with van der Waals surface area (Å²) in [5, 5.41) is 11.7. The molecule has 4 aromatic rings. The van der Waals surface area contributed by atoms with E-state index in [9.17, 15) is 0 Å².